The molecule has 1 heterocycles. The molecule has 4 nitrogen and oxygen atoms in total. The Labute approximate surface area is 139 Å². The van der Waals surface area contributed by atoms with E-state index < -0.39 is 10.0 Å². The molecule has 0 aliphatic heterocycles. The van der Waals surface area contributed by atoms with Crippen LogP contribution in [0.1, 0.15) is 0 Å². The molecule has 0 unspecified atom stereocenters. The van der Waals surface area contributed by atoms with Crippen LogP contribution in [0.15, 0.2) is 39.8 Å². The van der Waals surface area contributed by atoms with Crippen molar-refractivity contribution in [3.63, 3.8) is 0 Å². The molecule has 0 aliphatic carbocycles. The van der Waals surface area contributed by atoms with Crippen LogP contribution in [0.4, 0.5) is 5.69 Å². The predicted octanol–water partition coefficient (Wildman–Crippen LogP) is 4.61. The van der Waals surface area contributed by atoms with Crippen molar-refractivity contribution in [1.29, 1.82) is 0 Å². The molecule has 2 rings (SSSR count). The minimum absolute atomic E-state index is 0.0323. The van der Waals surface area contributed by atoms with E-state index in [4.69, 9.17) is 34.8 Å². The second-order valence-electron chi connectivity index (χ2n) is 3.70. The van der Waals surface area contributed by atoms with Gasteiger partial charge in [0.2, 0.25) is 0 Å². The van der Waals surface area contributed by atoms with E-state index in [9.17, 15) is 8.42 Å². The number of hydrogen-bond acceptors (Lipinski definition) is 3. The van der Waals surface area contributed by atoms with Crippen LogP contribution in [0.25, 0.3) is 0 Å². The molecule has 0 amide bonds. The minimum Gasteiger partial charge on any atom is -0.276 e. The van der Waals surface area contributed by atoms with Gasteiger partial charge in [-0.25, -0.2) is 13.4 Å². The Balaban J connectivity index is 2.43. The molecule has 0 saturated heterocycles. The van der Waals surface area contributed by atoms with Crippen LogP contribution in [0.2, 0.25) is 15.2 Å². The van der Waals surface area contributed by atoms with Crippen molar-refractivity contribution >= 4 is 66.4 Å². The lowest BCUT2D eigenvalue weighted by Gasteiger charge is -2.10. The first-order valence-electron chi connectivity index (χ1n) is 5.08. The molecule has 0 fully saturated rings. The van der Waals surface area contributed by atoms with Gasteiger partial charge in [0.05, 0.1) is 10.6 Å². The van der Waals surface area contributed by atoms with Crippen molar-refractivity contribution in [2.75, 3.05) is 4.72 Å². The Morgan fingerprint density at radius 2 is 1.65 bits per heavy atom. The molecule has 106 valence electrons. The van der Waals surface area contributed by atoms with Gasteiger partial charge in [-0.1, -0.05) is 34.8 Å². The Kier molecular flexibility index (Phi) is 4.81. The van der Waals surface area contributed by atoms with Crippen LogP contribution in [0, 0.1) is 0 Å². The van der Waals surface area contributed by atoms with Gasteiger partial charge < -0.3 is 0 Å². The summed E-state index contributed by atoms with van der Waals surface area (Å²) in [5, 5.41) is 0.470. The van der Waals surface area contributed by atoms with Crippen LogP contribution in [-0.2, 0) is 10.0 Å². The van der Waals surface area contributed by atoms with Gasteiger partial charge in [0, 0.05) is 20.7 Å². The molecule has 1 aromatic carbocycles. The van der Waals surface area contributed by atoms with Gasteiger partial charge in [-0.15, -0.1) is 0 Å². The standard InChI is InChI=1S/C11H6BrCl3N2O2S/c12-6-1-10(11(15)16-5-6)17-20(18,19)9-3-7(13)2-8(14)4-9/h1-5,17H. The zero-order valence-corrected chi connectivity index (χ0v) is 14.2. The average molecular weight is 417 g/mol. The third kappa shape index (κ3) is 3.77. The molecule has 0 atom stereocenters. The molecule has 1 N–H and O–H groups in total. The summed E-state index contributed by atoms with van der Waals surface area (Å²) >= 11 is 20.6. The zero-order chi connectivity index (χ0) is 14.9. The van der Waals surface area contributed by atoms with Gasteiger partial charge in [-0.3, -0.25) is 4.72 Å². The molecular formula is C11H6BrCl3N2O2S. The molecule has 20 heavy (non-hydrogen) atoms. The SMILES string of the molecule is O=S(=O)(Nc1cc(Br)cnc1Cl)c1cc(Cl)cc(Cl)c1. The van der Waals surface area contributed by atoms with Crippen LogP contribution in [-0.4, -0.2) is 13.4 Å². The lowest BCUT2D eigenvalue weighted by Crippen LogP contribution is -2.13. The zero-order valence-electron chi connectivity index (χ0n) is 9.57. The fourth-order valence-electron chi connectivity index (χ4n) is 1.38. The fraction of sp³-hybridized carbons (Fsp3) is 0. The van der Waals surface area contributed by atoms with Crippen molar-refractivity contribution in [2.24, 2.45) is 0 Å². The van der Waals surface area contributed by atoms with Crippen molar-refractivity contribution < 1.29 is 8.42 Å². The van der Waals surface area contributed by atoms with E-state index in [0.717, 1.165) is 0 Å². The fourth-order valence-corrected chi connectivity index (χ4v) is 3.70. The number of nitrogens with one attached hydrogen (secondary N) is 1. The summed E-state index contributed by atoms with van der Waals surface area (Å²) in [5.74, 6) is 0. The summed E-state index contributed by atoms with van der Waals surface area (Å²) in [4.78, 5) is 3.77. The number of nitrogens with zero attached hydrogens (tertiary/aromatic N) is 1. The number of aromatic nitrogens is 1. The van der Waals surface area contributed by atoms with E-state index in [1.807, 2.05) is 0 Å². The molecule has 0 bridgehead atoms. The first-order valence-corrected chi connectivity index (χ1v) is 8.49. The Hall–Kier alpha value is -0.530. The second kappa shape index (κ2) is 6.07. The number of halogens is 4. The number of benzene rings is 1. The van der Waals surface area contributed by atoms with E-state index in [1.165, 1.54) is 30.5 Å². The van der Waals surface area contributed by atoms with Crippen LogP contribution >= 0.6 is 50.7 Å². The molecule has 0 spiro atoms. The van der Waals surface area contributed by atoms with Gasteiger partial charge >= 0.3 is 0 Å². The highest BCUT2D eigenvalue weighted by molar-refractivity contribution is 9.10. The normalized spacial score (nSPS) is 11.4. The Bertz CT molecular complexity index is 748. The van der Waals surface area contributed by atoms with E-state index >= 15 is 0 Å². The molecule has 2 aromatic rings. The van der Waals surface area contributed by atoms with E-state index in [2.05, 4.69) is 25.6 Å². The first-order chi connectivity index (χ1) is 9.28. The summed E-state index contributed by atoms with van der Waals surface area (Å²) in [7, 11) is -3.86. The number of rotatable bonds is 3. The van der Waals surface area contributed by atoms with Crippen molar-refractivity contribution in [3.8, 4) is 0 Å². The number of hydrogen-bond donors (Lipinski definition) is 1. The average Bonchev–Trinajstić information content (AvgIpc) is 2.32. The quantitative estimate of drug-likeness (QED) is 0.744. The second-order valence-corrected chi connectivity index (χ2v) is 7.53. The maximum absolute atomic E-state index is 12.2. The van der Waals surface area contributed by atoms with Crippen LogP contribution < -0.4 is 4.72 Å². The molecular weight excluding hydrogens is 410 g/mol. The Morgan fingerprint density at radius 1 is 1.05 bits per heavy atom. The molecule has 9 heteroatoms. The van der Waals surface area contributed by atoms with Crippen molar-refractivity contribution in [1.82, 2.24) is 4.98 Å². The van der Waals surface area contributed by atoms with E-state index in [1.54, 1.807) is 0 Å². The van der Waals surface area contributed by atoms with Gasteiger partial charge in [0.25, 0.3) is 10.0 Å². The smallest absolute Gasteiger partial charge is 0.262 e. The highest BCUT2D eigenvalue weighted by atomic mass is 79.9. The first kappa shape index (κ1) is 15.9. The molecule has 0 saturated carbocycles. The van der Waals surface area contributed by atoms with Crippen molar-refractivity contribution in [3.05, 3.63) is 50.1 Å². The van der Waals surface area contributed by atoms with Crippen molar-refractivity contribution in [2.45, 2.75) is 4.90 Å². The highest BCUT2D eigenvalue weighted by Gasteiger charge is 2.17. The third-order valence-electron chi connectivity index (χ3n) is 2.20. The maximum atomic E-state index is 12.2. The lowest BCUT2D eigenvalue weighted by molar-refractivity contribution is 0.601. The van der Waals surface area contributed by atoms with Gasteiger partial charge in [0.15, 0.2) is 5.15 Å². The minimum atomic E-state index is -3.86. The predicted molar refractivity (Wildman–Crippen MR) is 84.2 cm³/mol. The third-order valence-corrected chi connectivity index (χ3v) is 4.71. The van der Waals surface area contributed by atoms with Gasteiger partial charge in [-0.2, -0.15) is 0 Å². The van der Waals surface area contributed by atoms with Gasteiger partial charge in [0.1, 0.15) is 0 Å². The summed E-state index contributed by atoms with van der Waals surface area (Å²) in [6, 6.07) is 5.51. The number of anilines is 1. The molecule has 0 aliphatic rings. The molecule has 0 radical (unpaired) electrons. The van der Waals surface area contributed by atoms with Crippen LogP contribution in [0.5, 0.6) is 0 Å². The summed E-state index contributed by atoms with van der Waals surface area (Å²) in [6.45, 7) is 0. The maximum Gasteiger partial charge on any atom is 0.262 e. The largest absolute Gasteiger partial charge is 0.276 e. The van der Waals surface area contributed by atoms with E-state index in [-0.39, 0.29) is 25.8 Å². The summed E-state index contributed by atoms with van der Waals surface area (Å²) in [6.07, 6.45) is 1.45. The summed E-state index contributed by atoms with van der Waals surface area (Å²) in [5.41, 5.74) is 0.150. The topological polar surface area (TPSA) is 59.1 Å². The number of sulfonamides is 1. The van der Waals surface area contributed by atoms with Gasteiger partial charge in [-0.05, 0) is 40.2 Å². The molecule has 1 aromatic heterocycles. The summed E-state index contributed by atoms with van der Waals surface area (Å²) < 4.78 is 27.4. The van der Waals surface area contributed by atoms with Crippen LogP contribution in [0.3, 0.4) is 0 Å². The Morgan fingerprint density at radius 3 is 2.25 bits per heavy atom. The van der Waals surface area contributed by atoms with E-state index in [0.29, 0.717) is 4.47 Å². The highest BCUT2D eigenvalue weighted by Crippen LogP contribution is 2.28. The lowest BCUT2D eigenvalue weighted by atomic mass is 10.4. The monoisotopic (exact) mass is 414 g/mol. The number of pyridine rings is 1.